The average molecular weight is 199 g/mol. The van der Waals surface area contributed by atoms with E-state index >= 15 is 0 Å². The number of rotatable bonds is 1. The van der Waals surface area contributed by atoms with E-state index in [-0.39, 0.29) is 0 Å². The zero-order chi connectivity index (χ0) is 9.26. The molecular weight excluding hydrogens is 186 g/mol. The maximum Gasteiger partial charge on any atom is 0.238 e. The number of aromatic amines is 1. The third kappa shape index (κ3) is 1.78. The molecule has 1 fully saturated rings. The summed E-state index contributed by atoms with van der Waals surface area (Å²) in [6, 6.07) is 0.418. The number of hydrogen-bond donors (Lipinski definition) is 1. The van der Waals surface area contributed by atoms with Gasteiger partial charge in [0.2, 0.25) is 4.77 Å². The quantitative estimate of drug-likeness (QED) is 0.673. The van der Waals surface area contributed by atoms with Gasteiger partial charge in [0.25, 0.3) is 0 Å². The van der Waals surface area contributed by atoms with Crippen LogP contribution in [-0.4, -0.2) is 45.2 Å². The Balaban J connectivity index is 2.17. The maximum absolute atomic E-state index is 5.04. The topological polar surface area (TPSA) is 49.7 Å². The normalized spacial score (nSPS) is 24.8. The number of H-pyrrole nitrogens is 1. The molecule has 1 aliphatic heterocycles. The van der Waals surface area contributed by atoms with E-state index in [1.165, 1.54) is 13.0 Å². The van der Waals surface area contributed by atoms with E-state index in [1.54, 1.807) is 0 Å². The standard InChI is InChI=1S/C7H13N5S/c1-11-4-2-3-6(5-11)12-7(13)8-9-10-12/h6H,2-5H2,1H3,(H,8,10,13). The van der Waals surface area contributed by atoms with Crippen LogP contribution in [0.25, 0.3) is 0 Å². The summed E-state index contributed by atoms with van der Waals surface area (Å²) in [5.74, 6) is 0. The van der Waals surface area contributed by atoms with Crippen molar-refractivity contribution in [2.75, 3.05) is 20.1 Å². The Morgan fingerprint density at radius 2 is 2.46 bits per heavy atom. The summed E-state index contributed by atoms with van der Waals surface area (Å²) in [6.07, 6.45) is 2.37. The van der Waals surface area contributed by atoms with E-state index in [0.717, 1.165) is 13.0 Å². The van der Waals surface area contributed by atoms with E-state index in [9.17, 15) is 0 Å². The summed E-state index contributed by atoms with van der Waals surface area (Å²) in [7, 11) is 2.12. The van der Waals surface area contributed by atoms with E-state index in [1.807, 2.05) is 4.68 Å². The molecule has 6 heteroatoms. The monoisotopic (exact) mass is 199 g/mol. The molecule has 0 bridgehead atoms. The van der Waals surface area contributed by atoms with Crippen LogP contribution >= 0.6 is 12.2 Å². The van der Waals surface area contributed by atoms with Gasteiger partial charge in [-0.15, -0.1) is 0 Å². The molecule has 2 rings (SSSR count). The number of piperidine rings is 1. The highest BCUT2D eigenvalue weighted by molar-refractivity contribution is 7.71. The SMILES string of the molecule is CN1CCCC(n2[nH]nnc2=S)C1. The molecule has 72 valence electrons. The van der Waals surface area contributed by atoms with Crippen molar-refractivity contribution in [1.29, 1.82) is 0 Å². The van der Waals surface area contributed by atoms with E-state index in [2.05, 4.69) is 27.5 Å². The van der Waals surface area contributed by atoms with Crippen molar-refractivity contribution in [3.8, 4) is 0 Å². The van der Waals surface area contributed by atoms with Crippen LogP contribution in [0.5, 0.6) is 0 Å². The summed E-state index contributed by atoms with van der Waals surface area (Å²) in [5, 5.41) is 10.3. The molecule has 1 saturated heterocycles. The first kappa shape index (κ1) is 8.83. The van der Waals surface area contributed by atoms with Crippen molar-refractivity contribution < 1.29 is 0 Å². The number of tetrazole rings is 1. The van der Waals surface area contributed by atoms with Crippen molar-refractivity contribution in [1.82, 2.24) is 25.1 Å². The molecule has 0 amide bonds. The number of nitrogens with zero attached hydrogens (tertiary/aromatic N) is 4. The minimum Gasteiger partial charge on any atom is -0.304 e. The molecule has 1 aliphatic rings. The molecule has 0 spiro atoms. The zero-order valence-corrected chi connectivity index (χ0v) is 8.42. The number of aromatic nitrogens is 4. The smallest absolute Gasteiger partial charge is 0.238 e. The molecule has 5 nitrogen and oxygen atoms in total. The summed E-state index contributed by atoms with van der Waals surface area (Å²) in [4.78, 5) is 2.30. The van der Waals surface area contributed by atoms with Gasteiger partial charge in [-0.05, 0) is 38.7 Å². The molecule has 1 unspecified atom stereocenters. The second-order valence-corrected chi connectivity index (χ2v) is 3.88. The van der Waals surface area contributed by atoms with Gasteiger partial charge in [0, 0.05) is 6.54 Å². The third-order valence-corrected chi connectivity index (χ3v) is 2.74. The molecule has 1 atom stereocenters. The van der Waals surface area contributed by atoms with Crippen molar-refractivity contribution >= 4 is 12.2 Å². The van der Waals surface area contributed by atoms with Gasteiger partial charge in [0.1, 0.15) is 0 Å². The molecule has 0 aromatic carbocycles. The molecule has 0 radical (unpaired) electrons. The minimum absolute atomic E-state index is 0.418. The predicted molar refractivity (Wildman–Crippen MR) is 51.0 cm³/mol. The molecule has 0 aliphatic carbocycles. The lowest BCUT2D eigenvalue weighted by molar-refractivity contribution is 0.199. The van der Waals surface area contributed by atoms with Crippen LogP contribution in [0.1, 0.15) is 18.9 Å². The first-order valence-electron chi connectivity index (χ1n) is 4.45. The van der Waals surface area contributed by atoms with Crippen molar-refractivity contribution in [2.24, 2.45) is 0 Å². The predicted octanol–water partition coefficient (Wildman–Crippen LogP) is 0.602. The Labute approximate surface area is 81.7 Å². The molecule has 1 N–H and O–H groups in total. The highest BCUT2D eigenvalue weighted by atomic mass is 32.1. The fourth-order valence-electron chi connectivity index (χ4n) is 1.79. The fraction of sp³-hybridized carbons (Fsp3) is 0.857. The van der Waals surface area contributed by atoms with Gasteiger partial charge in [0.15, 0.2) is 0 Å². The molecule has 1 aromatic rings. The number of likely N-dealkylation sites (tertiary alicyclic amines) is 1. The molecule has 1 aromatic heterocycles. The van der Waals surface area contributed by atoms with Crippen LogP contribution in [-0.2, 0) is 0 Å². The van der Waals surface area contributed by atoms with E-state index < -0.39 is 0 Å². The second-order valence-electron chi connectivity index (χ2n) is 3.51. The molecule has 2 heterocycles. The van der Waals surface area contributed by atoms with Gasteiger partial charge >= 0.3 is 0 Å². The van der Waals surface area contributed by atoms with E-state index in [0.29, 0.717) is 10.8 Å². The van der Waals surface area contributed by atoms with Crippen LogP contribution in [0, 0.1) is 4.77 Å². The number of nitrogens with one attached hydrogen (secondary N) is 1. The summed E-state index contributed by atoms with van der Waals surface area (Å²) in [6.45, 7) is 2.20. The Bertz CT molecular complexity index is 330. The first-order chi connectivity index (χ1) is 6.27. The lowest BCUT2D eigenvalue weighted by Crippen LogP contribution is -2.34. The van der Waals surface area contributed by atoms with Crippen molar-refractivity contribution in [3.63, 3.8) is 0 Å². The Morgan fingerprint density at radius 3 is 3.08 bits per heavy atom. The summed E-state index contributed by atoms with van der Waals surface area (Å²) >= 11 is 5.04. The van der Waals surface area contributed by atoms with E-state index in [4.69, 9.17) is 12.2 Å². The van der Waals surface area contributed by atoms with Gasteiger partial charge in [0.05, 0.1) is 6.04 Å². The number of likely N-dealkylation sites (N-methyl/N-ethyl adjacent to an activating group) is 1. The minimum atomic E-state index is 0.418. The fourth-order valence-corrected chi connectivity index (χ4v) is 2.02. The van der Waals surface area contributed by atoms with Gasteiger partial charge in [-0.25, -0.2) is 4.68 Å². The second kappa shape index (κ2) is 3.55. The van der Waals surface area contributed by atoms with Crippen molar-refractivity contribution in [2.45, 2.75) is 18.9 Å². The average Bonchev–Trinajstić information content (AvgIpc) is 2.51. The van der Waals surface area contributed by atoms with Gasteiger partial charge in [-0.3, -0.25) is 0 Å². The Morgan fingerprint density at radius 1 is 1.62 bits per heavy atom. The molecule has 13 heavy (non-hydrogen) atoms. The largest absolute Gasteiger partial charge is 0.304 e. The lowest BCUT2D eigenvalue weighted by atomic mass is 10.1. The van der Waals surface area contributed by atoms with Crippen LogP contribution < -0.4 is 0 Å². The highest BCUT2D eigenvalue weighted by Crippen LogP contribution is 2.18. The molecule has 0 saturated carbocycles. The Hall–Kier alpha value is -0.750. The van der Waals surface area contributed by atoms with Crippen molar-refractivity contribution in [3.05, 3.63) is 4.77 Å². The highest BCUT2D eigenvalue weighted by Gasteiger charge is 2.19. The van der Waals surface area contributed by atoms with Gasteiger partial charge < -0.3 is 4.90 Å². The van der Waals surface area contributed by atoms with Crippen LogP contribution in [0.3, 0.4) is 0 Å². The van der Waals surface area contributed by atoms with Crippen LogP contribution in [0.15, 0.2) is 0 Å². The van der Waals surface area contributed by atoms with Crippen LogP contribution in [0.4, 0.5) is 0 Å². The van der Waals surface area contributed by atoms with Crippen LogP contribution in [0.2, 0.25) is 0 Å². The zero-order valence-electron chi connectivity index (χ0n) is 7.60. The number of hydrogen-bond acceptors (Lipinski definition) is 4. The third-order valence-electron chi connectivity index (χ3n) is 2.46. The van der Waals surface area contributed by atoms with Gasteiger partial charge in [-0.1, -0.05) is 10.3 Å². The Kier molecular flexibility index (Phi) is 2.41. The first-order valence-corrected chi connectivity index (χ1v) is 4.86. The summed E-state index contributed by atoms with van der Waals surface area (Å²) in [5.41, 5.74) is 0. The molecular formula is C7H13N5S. The maximum atomic E-state index is 5.04. The lowest BCUT2D eigenvalue weighted by Gasteiger charge is -2.29. The summed E-state index contributed by atoms with van der Waals surface area (Å²) < 4.78 is 2.44. The van der Waals surface area contributed by atoms with Gasteiger partial charge in [-0.2, -0.15) is 5.21 Å².